The summed E-state index contributed by atoms with van der Waals surface area (Å²) in [4.78, 5) is 33.7. The summed E-state index contributed by atoms with van der Waals surface area (Å²) >= 11 is 0. The molecular formula is C16H21NO4. The quantitative estimate of drug-likeness (QED) is 0.214. The number of non-ortho nitro benzene ring substituents is 1. The van der Waals surface area contributed by atoms with Crippen molar-refractivity contribution in [3.63, 3.8) is 0 Å². The van der Waals surface area contributed by atoms with Crippen molar-refractivity contribution >= 4 is 17.3 Å². The molecule has 0 spiro atoms. The van der Waals surface area contributed by atoms with Gasteiger partial charge in [0.2, 0.25) is 0 Å². The molecule has 5 nitrogen and oxygen atoms in total. The van der Waals surface area contributed by atoms with Crippen LogP contribution in [0.1, 0.15) is 62.2 Å². The molecule has 1 aromatic carbocycles. The van der Waals surface area contributed by atoms with Gasteiger partial charge in [0, 0.05) is 24.1 Å². The van der Waals surface area contributed by atoms with Crippen molar-refractivity contribution in [1.82, 2.24) is 0 Å². The van der Waals surface area contributed by atoms with Gasteiger partial charge in [-0.25, -0.2) is 0 Å². The first kappa shape index (κ1) is 17.0. The number of hydrogen-bond acceptors (Lipinski definition) is 4. The number of rotatable bonds is 10. The van der Waals surface area contributed by atoms with Crippen molar-refractivity contribution in [2.45, 2.75) is 51.9 Å². The van der Waals surface area contributed by atoms with Gasteiger partial charge < -0.3 is 0 Å². The molecule has 0 heterocycles. The fraction of sp³-hybridized carbons (Fsp3) is 0.500. The second-order valence-corrected chi connectivity index (χ2v) is 5.11. The van der Waals surface area contributed by atoms with E-state index < -0.39 is 4.92 Å². The number of carbonyl (C=O) groups is 2. The third kappa shape index (κ3) is 6.29. The number of nitro groups is 1. The van der Waals surface area contributed by atoms with Crippen LogP contribution in [0.5, 0.6) is 0 Å². The average Bonchev–Trinajstić information content (AvgIpc) is 2.47. The predicted molar refractivity (Wildman–Crippen MR) is 80.4 cm³/mol. The van der Waals surface area contributed by atoms with Crippen molar-refractivity contribution in [2.75, 3.05) is 0 Å². The molecule has 0 amide bonds. The Bertz CT molecular complexity index is 511. The molecule has 5 heteroatoms. The van der Waals surface area contributed by atoms with E-state index in [2.05, 4.69) is 6.92 Å². The molecule has 0 saturated carbocycles. The van der Waals surface area contributed by atoms with E-state index in [1.54, 1.807) is 0 Å². The Kier molecular flexibility index (Phi) is 7.29. The zero-order chi connectivity index (χ0) is 15.7. The molecule has 1 aromatic rings. The van der Waals surface area contributed by atoms with E-state index in [1.165, 1.54) is 30.7 Å². The maximum absolute atomic E-state index is 11.9. The highest BCUT2D eigenvalue weighted by Crippen LogP contribution is 2.15. The Hall–Kier alpha value is -2.04. The molecule has 0 N–H and O–H groups in total. The summed E-state index contributed by atoms with van der Waals surface area (Å²) in [5, 5.41) is 10.7. The summed E-state index contributed by atoms with van der Waals surface area (Å²) in [6.07, 6.45) is 5.48. The predicted octanol–water partition coefficient (Wildman–Crippen LogP) is 4.10. The van der Waals surface area contributed by atoms with Gasteiger partial charge in [-0.3, -0.25) is 19.7 Å². The lowest BCUT2D eigenvalue weighted by molar-refractivity contribution is -0.384. The first-order chi connectivity index (χ1) is 10.0. The van der Waals surface area contributed by atoms with Crippen LogP contribution in [0, 0.1) is 10.1 Å². The van der Waals surface area contributed by atoms with E-state index in [-0.39, 0.29) is 29.2 Å². The smallest absolute Gasteiger partial charge is 0.270 e. The topological polar surface area (TPSA) is 77.3 Å². The van der Waals surface area contributed by atoms with Crippen LogP contribution in [0.3, 0.4) is 0 Å². The molecule has 0 atom stereocenters. The van der Waals surface area contributed by atoms with Gasteiger partial charge in [0.25, 0.3) is 5.69 Å². The summed E-state index contributed by atoms with van der Waals surface area (Å²) in [7, 11) is 0. The number of hydrogen-bond donors (Lipinski definition) is 0. The molecule has 0 aromatic heterocycles. The van der Waals surface area contributed by atoms with E-state index in [4.69, 9.17) is 0 Å². The first-order valence-corrected chi connectivity index (χ1v) is 7.34. The normalized spacial score (nSPS) is 10.3. The van der Waals surface area contributed by atoms with Gasteiger partial charge in [-0.2, -0.15) is 0 Å². The molecule has 0 unspecified atom stereocenters. The minimum Gasteiger partial charge on any atom is -0.299 e. The SMILES string of the molecule is CCCCCCCC(=O)CC(=O)c1cccc([N+](=O)[O-])c1. The number of benzene rings is 1. The highest BCUT2D eigenvalue weighted by Gasteiger charge is 2.14. The zero-order valence-corrected chi connectivity index (χ0v) is 12.3. The number of Topliss-reactive ketones (excluding diaryl/α,β-unsaturated/α-hetero) is 2. The molecule has 0 aliphatic carbocycles. The zero-order valence-electron chi connectivity index (χ0n) is 12.3. The summed E-state index contributed by atoms with van der Waals surface area (Å²) in [5.74, 6) is -0.444. The van der Waals surface area contributed by atoms with Gasteiger partial charge in [-0.05, 0) is 6.42 Å². The third-order valence-corrected chi connectivity index (χ3v) is 3.30. The van der Waals surface area contributed by atoms with Crippen molar-refractivity contribution in [2.24, 2.45) is 0 Å². The lowest BCUT2D eigenvalue weighted by Crippen LogP contribution is -2.08. The molecule has 0 bridgehead atoms. The Labute approximate surface area is 124 Å². The molecule has 21 heavy (non-hydrogen) atoms. The molecule has 0 saturated heterocycles. The molecule has 0 radical (unpaired) electrons. The largest absolute Gasteiger partial charge is 0.299 e. The second kappa shape index (κ2) is 9.00. The van der Waals surface area contributed by atoms with Crippen LogP contribution in [0.4, 0.5) is 5.69 Å². The van der Waals surface area contributed by atoms with Gasteiger partial charge in [0.15, 0.2) is 5.78 Å². The number of ketones is 2. The van der Waals surface area contributed by atoms with Crippen LogP contribution in [0.2, 0.25) is 0 Å². The monoisotopic (exact) mass is 291 g/mol. The van der Waals surface area contributed by atoms with Crippen LogP contribution in [-0.2, 0) is 4.79 Å². The van der Waals surface area contributed by atoms with E-state index in [9.17, 15) is 19.7 Å². The van der Waals surface area contributed by atoms with Crippen LogP contribution in [0.15, 0.2) is 24.3 Å². The molecular weight excluding hydrogens is 270 g/mol. The van der Waals surface area contributed by atoms with Crippen LogP contribution >= 0.6 is 0 Å². The highest BCUT2D eigenvalue weighted by molar-refractivity contribution is 6.08. The van der Waals surface area contributed by atoms with Crippen molar-refractivity contribution in [1.29, 1.82) is 0 Å². The van der Waals surface area contributed by atoms with Gasteiger partial charge >= 0.3 is 0 Å². The second-order valence-electron chi connectivity index (χ2n) is 5.11. The average molecular weight is 291 g/mol. The van der Waals surface area contributed by atoms with E-state index >= 15 is 0 Å². The molecule has 1 rings (SSSR count). The van der Waals surface area contributed by atoms with Crippen LogP contribution in [-0.4, -0.2) is 16.5 Å². The third-order valence-electron chi connectivity index (χ3n) is 3.30. The fourth-order valence-electron chi connectivity index (χ4n) is 2.09. The standard InChI is InChI=1S/C16H21NO4/c1-2-3-4-5-6-10-15(18)12-16(19)13-8-7-9-14(11-13)17(20)21/h7-9,11H,2-6,10,12H2,1H3. The van der Waals surface area contributed by atoms with Gasteiger partial charge in [0.05, 0.1) is 11.3 Å². The number of nitrogens with zero attached hydrogens (tertiary/aromatic N) is 1. The van der Waals surface area contributed by atoms with Gasteiger partial charge in [-0.15, -0.1) is 0 Å². The summed E-state index contributed by atoms with van der Waals surface area (Å²) in [6, 6.07) is 5.51. The lowest BCUT2D eigenvalue weighted by Gasteiger charge is -2.02. The van der Waals surface area contributed by atoms with Crippen molar-refractivity contribution < 1.29 is 14.5 Å². The van der Waals surface area contributed by atoms with Gasteiger partial charge in [-0.1, -0.05) is 44.7 Å². The molecule has 0 fully saturated rings. The Morgan fingerprint density at radius 1 is 1.14 bits per heavy atom. The Balaban J connectivity index is 2.43. The maximum atomic E-state index is 11.9. The minimum atomic E-state index is -0.549. The van der Waals surface area contributed by atoms with E-state index in [0.717, 1.165) is 25.7 Å². The van der Waals surface area contributed by atoms with E-state index in [0.29, 0.717) is 6.42 Å². The van der Waals surface area contributed by atoms with Crippen LogP contribution < -0.4 is 0 Å². The van der Waals surface area contributed by atoms with Crippen molar-refractivity contribution in [3.05, 3.63) is 39.9 Å². The number of unbranched alkanes of at least 4 members (excludes halogenated alkanes) is 4. The molecule has 0 aliphatic rings. The Morgan fingerprint density at radius 2 is 1.86 bits per heavy atom. The molecule has 114 valence electrons. The minimum absolute atomic E-state index is 0.0944. The maximum Gasteiger partial charge on any atom is 0.270 e. The summed E-state index contributed by atoms with van der Waals surface area (Å²) < 4.78 is 0. The van der Waals surface area contributed by atoms with E-state index in [1.807, 2.05) is 0 Å². The van der Waals surface area contributed by atoms with Gasteiger partial charge in [0.1, 0.15) is 5.78 Å². The summed E-state index contributed by atoms with van der Waals surface area (Å²) in [5.41, 5.74) is 0.0939. The number of nitro benzene ring substituents is 1. The summed E-state index contributed by atoms with van der Waals surface area (Å²) in [6.45, 7) is 2.13. The lowest BCUT2D eigenvalue weighted by atomic mass is 10.0. The van der Waals surface area contributed by atoms with Crippen molar-refractivity contribution in [3.8, 4) is 0 Å². The first-order valence-electron chi connectivity index (χ1n) is 7.34. The fourth-order valence-corrected chi connectivity index (χ4v) is 2.09. The Morgan fingerprint density at radius 3 is 2.52 bits per heavy atom. The van der Waals surface area contributed by atoms with Crippen LogP contribution in [0.25, 0.3) is 0 Å². The number of carbonyl (C=O) groups excluding carboxylic acids is 2. The molecule has 0 aliphatic heterocycles. The highest BCUT2D eigenvalue weighted by atomic mass is 16.6.